The Morgan fingerprint density at radius 1 is 1.16 bits per heavy atom. The lowest BCUT2D eigenvalue weighted by Crippen LogP contribution is -2.40. The van der Waals surface area contributed by atoms with Gasteiger partial charge in [0, 0.05) is 35.2 Å². The molecule has 19 heavy (non-hydrogen) atoms. The monoisotopic (exact) mass is 302 g/mol. The minimum absolute atomic E-state index is 0.178. The maximum absolute atomic E-state index is 6.15. The lowest BCUT2D eigenvalue weighted by Gasteiger charge is -2.23. The summed E-state index contributed by atoms with van der Waals surface area (Å²) in [6, 6.07) is 5.63. The summed E-state index contributed by atoms with van der Waals surface area (Å²) in [4.78, 5) is 2.30. The smallest absolute Gasteiger partial charge is 0.0439 e. The van der Waals surface area contributed by atoms with Crippen LogP contribution >= 0.6 is 23.2 Å². The molecule has 0 aliphatic heterocycles. The third kappa shape index (κ3) is 7.17. The average molecular weight is 303 g/mol. The van der Waals surface area contributed by atoms with Gasteiger partial charge in [-0.05, 0) is 58.0 Å². The molecule has 0 aliphatic carbocycles. The van der Waals surface area contributed by atoms with Gasteiger partial charge in [-0.25, -0.2) is 0 Å². The van der Waals surface area contributed by atoms with Crippen molar-refractivity contribution < 1.29 is 0 Å². The molecule has 0 heterocycles. The predicted octanol–water partition coefficient (Wildman–Crippen LogP) is 3.86. The van der Waals surface area contributed by atoms with Gasteiger partial charge in [0.25, 0.3) is 0 Å². The quantitative estimate of drug-likeness (QED) is 0.858. The molecule has 1 rings (SSSR count). The van der Waals surface area contributed by atoms with E-state index in [1.807, 2.05) is 18.2 Å². The first-order chi connectivity index (χ1) is 8.78. The Labute approximate surface area is 127 Å². The van der Waals surface area contributed by atoms with E-state index in [2.05, 4.69) is 38.0 Å². The first kappa shape index (κ1) is 16.8. The molecule has 1 aromatic carbocycles. The van der Waals surface area contributed by atoms with Crippen LogP contribution in [0.1, 0.15) is 26.3 Å². The maximum atomic E-state index is 6.15. The first-order valence-corrected chi connectivity index (χ1v) is 7.41. The van der Waals surface area contributed by atoms with Crippen molar-refractivity contribution in [1.82, 2.24) is 10.2 Å². The Morgan fingerprint density at radius 3 is 2.47 bits per heavy atom. The number of halogens is 2. The normalized spacial score (nSPS) is 12.2. The van der Waals surface area contributed by atoms with Gasteiger partial charge in [0.1, 0.15) is 0 Å². The number of benzene rings is 1. The highest BCUT2D eigenvalue weighted by molar-refractivity contribution is 6.33. The Balaban J connectivity index is 2.34. The second-order valence-corrected chi connectivity index (χ2v) is 6.81. The standard InChI is InChI=1S/C15H24Cl2N2/c1-15(2,3)18-8-10-19(4)9-7-12-11-13(16)5-6-14(12)17/h5-6,11,18H,7-10H2,1-4H3. The number of nitrogens with one attached hydrogen (secondary N) is 1. The zero-order valence-electron chi connectivity index (χ0n) is 12.3. The summed E-state index contributed by atoms with van der Waals surface area (Å²) in [5, 5.41) is 5.03. The maximum Gasteiger partial charge on any atom is 0.0439 e. The molecule has 0 bridgehead atoms. The van der Waals surface area contributed by atoms with E-state index in [0.717, 1.165) is 41.7 Å². The number of hydrogen-bond acceptors (Lipinski definition) is 2. The van der Waals surface area contributed by atoms with Crippen molar-refractivity contribution >= 4 is 23.2 Å². The van der Waals surface area contributed by atoms with Gasteiger partial charge in [-0.15, -0.1) is 0 Å². The van der Waals surface area contributed by atoms with E-state index in [4.69, 9.17) is 23.2 Å². The number of likely N-dealkylation sites (N-methyl/N-ethyl adjacent to an activating group) is 1. The van der Waals surface area contributed by atoms with Crippen molar-refractivity contribution in [2.24, 2.45) is 0 Å². The van der Waals surface area contributed by atoms with Gasteiger partial charge >= 0.3 is 0 Å². The summed E-state index contributed by atoms with van der Waals surface area (Å²) < 4.78 is 0. The number of rotatable bonds is 6. The molecule has 0 radical (unpaired) electrons. The average Bonchev–Trinajstić information content (AvgIpc) is 2.28. The minimum atomic E-state index is 0.178. The van der Waals surface area contributed by atoms with Gasteiger partial charge in [0.2, 0.25) is 0 Å². The first-order valence-electron chi connectivity index (χ1n) is 6.65. The predicted molar refractivity (Wildman–Crippen MR) is 85.4 cm³/mol. The van der Waals surface area contributed by atoms with Crippen molar-refractivity contribution in [3.8, 4) is 0 Å². The summed E-state index contributed by atoms with van der Waals surface area (Å²) in [6.07, 6.45) is 0.922. The van der Waals surface area contributed by atoms with Crippen LogP contribution < -0.4 is 5.32 Å². The SMILES string of the molecule is CN(CCNC(C)(C)C)CCc1cc(Cl)ccc1Cl. The summed E-state index contributed by atoms with van der Waals surface area (Å²) in [5.74, 6) is 0. The molecule has 4 heteroatoms. The Kier molecular flexibility index (Phi) is 6.61. The van der Waals surface area contributed by atoms with Crippen LogP contribution in [0.3, 0.4) is 0 Å². The van der Waals surface area contributed by atoms with Crippen molar-refractivity contribution in [3.63, 3.8) is 0 Å². The molecule has 108 valence electrons. The van der Waals surface area contributed by atoms with E-state index in [9.17, 15) is 0 Å². The molecule has 0 fully saturated rings. The molecular formula is C15H24Cl2N2. The molecule has 0 saturated carbocycles. The Morgan fingerprint density at radius 2 is 1.84 bits per heavy atom. The Hall–Kier alpha value is -0.280. The Bertz CT molecular complexity index is 400. The summed E-state index contributed by atoms with van der Waals surface area (Å²) in [5.41, 5.74) is 1.29. The lowest BCUT2D eigenvalue weighted by molar-refractivity contribution is 0.312. The fourth-order valence-corrected chi connectivity index (χ4v) is 2.19. The van der Waals surface area contributed by atoms with Crippen LogP contribution in [0.25, 0.3) is 0 Å². The fourth-order valence-electron chi connectivity index (χ4n) is 1.78. The summed E-state index contributed by atoms with van der Waals surface area (Å²) in [7, 11) is 2.13. The summed E-state index contributed by atoms with van der Waals surface area (Å²) in [6.45, 7) is 9.53. The van der Waals surface area contributed by atoms with Gasteiger partial charge in [0.15, 0.2) is 0 Å². The van der Waals surface area contributed by atoms with Gasteiger partial charge < -0.3 is 10.2 Å². The largest absolute Gasteiger partial charge is 0.311 e. The van der Waals surface area contributed by atoms with E-state index >= 15 is 0 Å². The van der Waals surface area contributed by atoms with E-state index in [1.54, 1.807) is 0 Å². The molecule has 0 amide bonds. The summed E-state index contributed by atoms with van der Waals surface area (Å²) >= 11 is 12.1. The zero-order chi connectivity index (χ0) is 14.5. The third-order valence-corrected chi connectivity index (χ3v) is 3.52. The highest BCUT2D eigenvalue weighted by atomic mass is 35.5. The molecular weight excluding hydrogens is 279 g/mol. The highest BCUT2D eigenvalue weighted by Gasteiger charge is 2.09. The van der Waals surface area contributed by atoms with Crippen molar-refractivity contribution in [2.45, 2.75) is 32.7 Å². The van der Waals surface area contributed by atoms with E-state index < -0.39 is 0 Å². The molecule has 0 unspecified atom stereocenters. The zero-order valence-corrected chi connectivity index (χ0v) is 13.8. The van der Waals surface area contributed by atoms with Crippen LogP contribution in [0.2, 0.25) is 10.0 Å². The van der Waals surface area contributed by atoms with E-state index in [0.29, 0.717) is 0 Å². The fraction of sp³-hybridized carbons (Fsp3) is 0.600. The molecule has 0 saturated heterocycles. The van der Waals surface area contributed by atoms with Gasteiger partial charge in [-0.1, -0.05) is 23.2 Å². The van der Waals surface area contributed by atoms with Gasteiger partial charge in [0.05, 0.1) is 0 Å². The van der Waals surface area contributed by atoms with Crippen LogP contribution in [0, 0.1) is 0 Å². The molecule has 2 nitrogen and oxygen atoms in total. The molecule has 0 aromatic heterocycles. The highest BCUT2D eigenvalue weighted by Crippen LogP contribution is 2.21. The topological polar surface area (TPSA) is 15.3 Å². The molecule has 1 N–H and O–H groups in total. The van der Waals surface area contributed by atoms with Crippen LogP contribution in [-0.2, 0) is 6.42 Å². The van der Waals surface area contributed by atoms with Gasteiger partial charge in [-0.2, -0.15) is 0 Å². The van der Waals surface area contributed by atoms with Crippen molar-refractivity contribution in [3.05, 3.63) is 33.8 Å². The molecule has 0 spiro atoms. The second-order valence-electron chi connectivity index (χ2n) is 5.97. The van der Waals surface area contributed by atoms with Crippen molar-refractivity contribution in [1.29, 1.82) is 0 Å². The van der Waals surface area contributed by atoms with Gasteiger partial charge in [-0.3, -0.25) is 0 Å². The van der Waals surface area contributed by atoms with Crippen LogP contribution in [0.15, 0.2) is 18.2 Å². The third-order valence-electron chi connectivity index (χ3n) is 2.92. The number of hydrogen-bond donors (Lipinski definition) is 1. The van der Waals surface area contributed by atoms with Crippen LogP contribution in [0.4, 0.5) is 0 Å². The second kappa shape index (κ2) is 7.49. The van der Waals surface area contributed by atoms with Crippen molar-refractivity contribution in [2.75, 3.05) is 26.7 Å². The minimum Gasteiger partial charge on any atom is -0.311 e. The van der Waals surface area contributed by atoms with Crippen LogP contribution in [-0.4, -0.2) is 37.1 Å². The van der Waals surface area contributed by atoms with E-state index in [-0.39, 0.29) is 5.54 Å². The lowest BCUT2D eigenvalue weighted by atomic mass is 10.1. The van der Waals surface area contributed by atoms with E-state index in [1.165, 1.54) is 0 Å². The molecule has 1 aromatic rings. The number of nitrogens with zero attached hydrogens (tertiary/aromatic N) is 1. The van der Waals surface area contributed by atoms with Crippen LogP contribution in [0.5, 0.6) is 0 Å². The molecule has 0 atom stereocenters. The molecule has 0 aliphatic rings.